The number of hydrogen-bond donors (Lipinski definition) is 0. The molecule has 2 nitrogen and oxygen atoms in total. The van der Waals surface area contributed by atoms with Gasteiger partial charge in [0.15, 0.2) is 0 Å². The van der Waals surface area contributed by atoms with Crippen molar-refractivity contribution in [2.75, 3.05) is 0 Å². The van der Waals surface area contributed by atoms with Crippen LogP contribution in [-0.2, 0) is 36.5 Å². The van der Waals surface area contributed by atoms with E-state index in [0.29, 0.717) is 0 Å². The van der Waals surface area contributed by atoms with Crippen LogP contribution in [-0.4, -0.2) is 0 Å². The fraction of sp³-hybridized carbons (Fsp3) is 0. The minimum absolute atomic E-state index is 0. The molecule has 0 saturated heterocycles. The Kier molecular flexibility index (Phi) is 166. The van der Waals surface area contributed by atoms with Crippen molar-refractivity contribution in [2.24, 2.45) is 0 Å². The van der Waals surface area contributed by atoms with E-state index in [1.165, 1.54) is 0 Å². The van der Waals surface area contributed by atoms with Crippen LogP contribution in [0.5, 0.6) is 0 Å². The van der Waals surface area contributed by atoms with E-state index in [2.05, 4.69) is 0 Å². The van der Waals surface area contributed by atoms with Gasteiger partial charge in [-0.1, -0.05) is 0 Å². The van der Waals surface area contributed by atoms with Crippen molar-refractivity contribution in [3.8, 4) is 0 Å². The Morgan fingerprint density at radius 3 is 1.00 bits per heavy atom. The molecule has 0 rings (SSSR count). The average molecular weight is 152 g/mol. The van der Waals surface area contributed by atoms with E-state index in [-0.39, 0.29) is 36.5 Å². The fourth-order valence-corrected chi connectivity index (χ4v) is 0. The zero-order valence-electron chi connectivity index (χ0n) is 1.90. The van der Waals surface area contributed by atoms with Crippen LogP contribution in [0.2, 0.25) is 0 Å². The standard InChI is InChI=1S/Mn.O2.Zn/c;1-2;/q;-2;+2. The van der Waals surface area contributed by atoms with Gasteiger partial charge in [0.2, 0.25) is 0 Å². The van der Waals surface area contributed by atoms with Gasteiger partial charge in [-0.15, -0.1) is 0 Å². The molecule has 4 heavy (non-hydrogen) atoms. The van der Waals surface area contributed by atoms with Crippen LogP contribution >= 0.6 is 0 Å². The first-order valence-electron chi connectivity index (χ1n) is 0.167. The number of hydrogen-bond acceptors (Lipinski definition) is 2. The van der Waals surface area contributed by atoms with E-state index in [4.69, 9.17) is 10.5 Å². The van der Waals surface area contributed by atoms with Gasteiger partial charge in [-0.05, 0) is 0 Å². The van der Waals surface area contributed by atoms with Crippen molar-refractivity contribution in [1.82, 2.24) is 0 Å². The second kappa shape index (κ2) is 33.7. The topological polar surface area (TPSA) is 46.1 Å². The van der Waals surface area contributed by atoms with Crippen molar-refractivity contribution < 1.29 is 47.1 Å². The second-order valence-electron chi connectivity index (χ2n) is 0. The minimum atomic E-state index is 0. The van der Waals surface area contributed by atoms with Gasteiger partial charge >= 0.3 is 19.5 Å². The Hall–Kier alpha value is 1.06. The third-order valence-electron chi connectivity index (χ3n) is 0. The summed E-state index contributed by atoms with van der Waals surface area (Å²) in [7, 11) is 0. The van der Waals surface area contributed by atoms with E-state index in [1.54, 1.807) is 0 Å². The molecule has 0 heterocycles. The SMILES string of the molecule is [Mn].[O-][O-].[Zn+2]. The monoisotopic (exact) mass is 151 g/mol. The summed E-state index contributed by atoms with van der Waals surface area (Å²) in [6.07, 6.45) is 0. The van der Waals surface area contributed by atoms with Gasteiger partial charge in [0.25, 0.3) is 0 Å². The summed E-state index contributed by atoms with van der Waals surface area (Å²) >= 11 is 0. The summed E-state index contributed by atoms with van der Waals surface area (Å²) in [5.41, 5.74) is 0. The van der Waals surface area contributed by atoms with Crippen molar-refractivity contribution in [3.05, 3.63) is 0 Å². The summed E-state index contributed by atoms with van der Waals surface area (Å²) in [6, 6.07) is 0. The molecule has 4 heteroatoms. The molecule has 0 amide bonds. The molecule has 0 aliphatic heterocycles. The molecule has 0 spiro atoms. The van der Waals surface area contributed by atoms with Crippen LogP contribution in [0.4, 0.5) is 0 Å². The molecule has 0 aromatic carbocycles. The van der Waals surface area contributed by atoms with E-state index in [1.807, 2.05) is 0 Å². The van der Waals surface area contributed by atoms with Crippen molar-refractivity contribution in [3.63, 3.8) is 0 Å². The van der Waals surface area contributed by atoms with E-state index in [9.17, 15) is 0 Å². The van der Waals surface area contributed by atoms with Gasteiger partial charge in [0, 0.05) is 17.1 Å². The third-order valence-corrected chi connectivity index (χ3v) is 0. The van der Waals surface area contributed by atoms with Gasteiger partial charge in [0.1, 0.15) is 0 Å². The largest absolute Gasteiger partial charge is 2.00 e. The quantitative estimate of drug-likeness (QED) is 0.221. The first-order chi connectivity index (χ1) is 1.00. The summed E-state index contributed by atoms with van der Waals surface area (Å²) < 4.78 is 0. The van der Waals surface area contributed by atoms with Crippen molar-refractivity contribution in [1.29, 1.82) is 0 Å². The Morgan fingerprint density at radius 1 is 1.00 bits per heavy atom. The molecule has 0 aliphatic carbocycles. The van der Waals surface area contributed by atoms with Crippen LogP contribution in [0, 0.1) is 0 Å². The van der Waals surface area contributed by atoms with Crippen LogP contribution in [0.1, 0.15) is 0 Å². The van der Waals surface area contributed by atoms with Gasteiger partial charge in [-0.25, -0.2) is 0 Å². The van der Waals surface area contributed by atoms with E-state index >= 15 is 0 Å². The third kappa shape index (κ3) is 11.5. The van der Waals surface area contributed by atoms with Gasteiger partial charge < -0.3 is 10.5 Å². The maximum absolute atomic E-state index is 7.00. The van der Waals surface area contributed by atoms with Crippen LogP contribution < -0.4 is 10.5 Å². The summed E-state index contributed by atoms with van der Waals surface area (Å²) in [5, 5.41) is 14.0. The van der Waals surface area contributed by atoms with E-state index < -0.39 is 0 Å². The first kappa shape index (κ1) is 19.6. The molecular formula is MnO2Zn. The summed E-state index contributed by atoms with van der Waals surface area (Å²) in [6.45, 7) is 0. The maximum atomic E-state index is 7.00. The van der Waals surface area contributed by atoms with Crippen LogP contribution in [0.3, 0.4) is 0 Å². The molecular weight excluding hydrogens is 152 g/mol. The predicted molar refractivity (Wildman–Crippen MR) is 0 cm³/mol. The Balaban J connectivity index is -0.00000000500. The van der Waals surface area contributed by atoms with Gasteiger partial charge in [0.05, 0.1) is 0 Å². The molecule has 0 N–H and O–H groups in total. The molecule has 0 bridgehead atoms. The van der Waals surface area contributed by atoms with Crippen molar-refractivity contribution >= 4 is 0 Å². The molecule has 0 unspecified atom stereocenters. The average Bonchev–Trinajstić information content (AvgIpc) is 1.00. The predicted octanol–water partition coefficient (Wildman–Crippen LogP) is -2.38. The molecule has 0 aromatic rings. The minimum Gasteiger partial charge on any atom is -1.00 e. The molecule has 0 fully saturated rings. The summed E-state index contributed by atoms with van der Waals surface area (Å²) in [4.78, 5) is 0. The molecule has 0 aromatic heterocycles. The molecule has 21 valence electrons. The van der Waals surface area contributed by atoms with Crippen LogP contribution in [0.15, 0.2) is 0 Å². The molecule has 0 aliphatic rings. The zero-order chi connectivity index (χ0) is 2.00. The Morgan fingerprint density at radius 2 is 1.00 bits per heavy atom. The fourth-order valence-electron chi connectivity index (χ4n) is 0. The maximum Gasteiger partial charge on any atom is 2.00 e. The normalized spacial score (nSPS) is 1.50. The first-order valence-corrected chi connectivity index (χ1v) is 0.167. The van der Waals surface area contributed by atoms with E-state index in [0.717, 1.165) is 0 Å². The number of rotatable bonds is 0. The van der Waals surface area contributed by atoms with Gasteiger partial charge in [-0.3, -0.25) is 0 Å². The van der Waals surface area contributed by atoms with Gasteiger partial charge in [-0.2, -0.15) is 0 Å². The smallest absolute Gasteiger partial charge is 1.00 e. The molecule has 0 saturated carbocycles. The summed E-state index contributed by atoms with van der Waals surface area (Å²) in [5.74, 6) is 0. The zero-order valence-corrected chi connectivity index (χ0v) is 6.05. The van der Waals surface area contributed by atoms with Crippen molar-refractivity contribution in [2.45, 2.75) is 0 Å². The Labute approximate surface area is 47.4 Å². The Bertz CT molecular complexity index is 6.00. The van der Waals surface area contributed by atoms with Crippen LogP contribution in [0.25, 0.3) is 0 Å². The molecule has 1 radical (unpaired) electrons. The second-order valence-corrected chi connectivity index (χ2v) is 0. The molecule has 0 atom stereocenters.